The maximum absolute atomic E-state index is 9.65. The third-order valence-corrected chi connectivity index (χ3v) is 6.43. The van der Waals surface area contributed by atoms with Crippen LogP contribution < -0.4 is 15.0 Å². The molecular formula is C26H29ClN6O2. The first kappa shape index (κ1) is 23.4. The molecule has 5 rings (SSSR count). The Hall–Kier alpha value is -3.33. The van der Waals surface area contributed by atoms with Gasteiger partial charge in [0.2, 0.25) is 5.95 Å². The van der Waals surface area contributed by atoms with Crippen molar-refractivity contribution in [3.8, 4) is 17.0 Å². The molecule has 9 heteroatoms. The summed E-state index contributed by atoms with van der Waals surface area (Å²) in [5.41, 5.74) is 4.67. The fourth-order valence-corrected chi connectivity index (χ4v) is 4.69. The van der Waals surface area contributed by atoms with E-state index in [0.717, 1.165) is 66.6 Å². The molecule has 1 aliphatic heterocycles. The van der Waals surface area contributed by atoms with Crippen LogP contribution in [-0.4, -0.2) is 70.5 Å². The van der Waals surface area contributed by atoms with E-state index >= 15 is 0 Å². The molecule has 1 aliphatic rings. The van der Waals surface area contributed by atoms with Crippen LogP contribution in [-0.2, 0) is 0 Å². The molecule has 0 spiro atoms. The highest BCUT2D eigenvalue weighted by atomic mass is 35.5. The number of benzene rings is 2. The molecule has 2 aromatic carbocycles. The summed E-state index contributed by atoms with van der Waals surface area (Å²) in [7, 11) is 1.64. The van der Waals surface area contributed by atoms with Crippen molar-refractivity contribution in [1.29, 1.82) is 0 Å². The van der Waals surface area contributed by atoms with Crippen LogP contribution in [0.15, 0.2) is 60.8 Å². The summed E-state index contributed by atoms with van der Waals surface area (Å²) in [6.45, 7) is 6.28. The van der Waals surface area contributed by atoms with Crippen molar-refractivity contribution in [3.63, 3.8) is 0 Å². The Morgan fingerprint density at radius 2 is 1.91 bits per heavy atom. The number of aromatic nitrogens is 3. The van der Waals surface area contributed by atoms with Crippen molar-refractivity contribution < 1.29 is 9.84 Å². The summed E-state index contributed by atoms with van der Waals surface area (Å²) >= 11 is 6.26. The highest BCUT2D eigenvalue weighted by Gasteiger charge is 2.18. The number of fused-ring (bicyclic) bond motifs is 1. The van der Waals surface area contributed by atoms with Crippen molar-refractivity contribution in [2.75, 3.05) is 50.1 Å². The lowest BCUT2D eigenvalue weighted by atomic mass is 10.1. The van der Waals surface area contributed by atoms with Crippen molar-refractivity contribution in [2.45, 2.75) is 13.0 Å². The molecular weight excluding hydrogens is 464 g/mol. The van der Waals surface area contributed by atoms with Crippen LogP contribution in [0.5, 0.6) is 5.75 Å². The Balaban J connectivity index is 1.36. The van der Waals surface area contributed by atoms with Crippen molar-refractivity contribution in [1.82, 2.24) is 19.5 Å². The molecule has 0 aliphatic carbocycles. The lowest BCUT2D eigenvalue weighted by Gasteiger charge is -2.36. The number of aliphatic hydroxyl groups excluding tert-OH is 1. The third-order valence-electron chi connectivity index (χ3n) is 6.20. The Labute approximate surface area is 209 Å². The number of aliphatic hydroxyl groups is 1. The number of β-amino-alcohol motifs (C(OH)–C–C–N with tert-alkyl or cyclic N) is 1. The standard InChI is InChI=1S/C26H29ClN6O2/c1-18(34)17-31-10-12-32(13-11-31)21-5-3-4-20(15-21)29-26-28-16-22-7-8-24(33(22)30-26)23-14-19(27)6-9-25(23)35-2/h3-9,14-16,18,34H,10-13,17H2,1-2H3,(H,29,30). The number of hydrogen-bond acceptors (Lipinski definition) is 7. The summed E-state index contributed by atoms with van der Waals surface area (Å²) < 4.78 is 7.39. The molecule has 0 amide bonds. The minimum atomic E-state index is -0.299. The minimum absolute atomic E-state index is 0.299. The quantitative estimate of drug-likeness (QED) is 0.398. The summed E-state index contributed by atoms with van der Waals surface area (Å²) in [6.07, 6.45) is 1.49. The molecule has 1 unspecified atom stereocenters. The predicted molar refractivity (Wildman–Crippen MR) is 140 cm³/mol. The van der Waals surface area contributed by atoms with E-state index in [1.165, 1.54) is 0 Å². The van der Waals surface area contributed by atoms with Crippen LogP contribution >= 0.6 is 11.6 Å². The van der Waals surface area contributed by atoms with E-state index in [1.807, 2.05) is 53.9 Å². The fourth-order valence-electron chi connectivity index (χ4n) is 4.52. The van der Waals surface area contributed by atoms with Crippen LogP contribution in [0.3, 0.4) is 0 Å². The Morgan fingerprint density at radius 1 is 1.09 bits per heavy atom. The van der Waals surface area contributed by atoms with Gasteiger partial charge < -0.3 is 20.1 Å². The highest BCUT2D eigenvalue weighted by molar-refractivity contribution is 6.31. The first-order valence-corrected chi connectivity index (χ1v) is 12.1. The molecule has 0 bridgehead atoms. The first-order valence-electron chi connectivity index (χ1n) is 11.7. The maximum Gasteiger partial charge on any atom is 0.245 e. The normalized spacial score (nSPS) is 15.4. The van der Waals surface area contributed by atoms with Gasteiger partial charge in [-0.15, -0.1) is 5.10 Å². The molecule has 4 aromatic rings. The number of ether oxygens (including phenoxy) is 1. The van der Waals surface area contributed by atoms with Crippen molar-refractivity contribution >= 4 is 34.4 Å². The van der Waals surface area contributed by atoms with Crippen LogP contribution in [0.4, 0.5) is 17.3 Å². The number of nitrogens with one attached hydrogen (secondary N) is 1. The van der Waals surface area contributed by atoms with Gasteiger partial charge in [0.1, 0.15) is 5.75 Å². The zero-order valence-corrected chi connectivity index (χ0v) is 20.6. The van der Waals surface area contributed by atoms with E-state index in [4.69, 9.17) is 21.4 Å². The van der Waals surface area contributed by atoms with E-state index in [9.17, 15) is 5.11 Å². The summed E-state index contributed by atoms with van der Waals surface area (Å²) in [4.78, 5) is 9.17. The number of rotatable bonds is 7. The van der Waals surface area contributed by atoms with Gasteiger partial charge >= 0.3 is 0 Å². The average molecular weight is 493 g/mol. The second-order valence-corrected chi connectivity index (χ2v) is 9.23. The van der Waals surface area contributed by atoms with Crippen molar-refractivity contribution in [2.24, 2.45) is 0 Å². The summed E-state index contributed by atoms with van der Waals surface area (Å²) in [5, 5.41) is 18.4. The van der Waals surface area contributed by atoms with E-state index < -0.39 is 0 Å². The first-order chi connectivity index (χ1) is 17.0. The Bertz CT molecular complexity index is 1320. The average Bonchev–Trinajstić information content (AvgIpc) is 3.27. The molecule has 1 saturated heterocycles. The minimum Gasteiger partial charge on any atom is -0.496 e. The monoisotopic (exact) mass is 492 g/mol. The molecule has 35 heavy (non-hydrogen) atoms. The molecule has 182 valence electrons. The van der Waals surface area contributed by atoms with Crippen LogP contribution in [0, 0.1) is 0 Å². The lowest BCUT2D eigenvalue weighted by molar-refractivity contribution is 0.123. The van der Waals surface area contributed by atoms with Crippen LogP contribution in [0.25, 0.3) is 16.8 Å². The van der Waals surface area contributed by atoms with Crippen LogP contribution in [0.1, 0.15) is 6.92 Å². The third kappa shape index (κ3) is 5.19. The molecule has 2 N–H and O–H groups in total. The molecule has 1 atom stereocenters. The number of nitrogens with zero attached hydrogens (tertiary/aromatic N) is 5. The summed E-state index contributed by atoms with van der Waals surface area (Å²) in [6, 6.07) is 17.8. The molecule has 8 nitrogen and oxygen atoms in total. The van der Waals surface area contributed by atoms with Crippen LogP contribution in [0.2, 0.25) is 5.02 Å². The second-order valence-electron chi connectivity index (χ2n) is 8.79. The smallest absolute Gasteiger partial charge is 0.245 e. The predicted octanol–water partition coefficient (Wildman–Crippen LogP) is 4.30. The Kier molecular flexibility index (Phi) is 6.77. The van der Waals surface area contributed by atoms with E-state index in [0.29, 0.717) is 11.0 Å². The van der Waals surface area contributed by atoms with Gasteiger partial charge in [-0.3, -0.25) is 4.90 Å². The SMILES string of the molecule is COc1ccc(Cl)cc1-c1ccc2cnc(Nc3cccc(N4CCN(CC(C)O)CC4)c3)nn12. The van der Waals surface area contributed by atoms with Gasteiger partial charge in [0.15, 0.2) is 0 Å². The van der Waals surface area contributed by atoms with Crippen molar-refractivity contribution in [3.05, 3.63) is 65.8 Å². The van der Waals surface area contributed by atoms with Gasteiger partial charge in [-0.2, -0.15) is 0 Å². The lowest BCUT2D eigenvalue weighted by Crippen LogP contribution is -2.48. The number of methoxy groups -OCH3 is 1. The van der Waals surface area contributed by atoms with Gasteiger partial charge in [0, 0.05) is 54.7 Å². The number of halogens is 1. The van der Waals surface area contributed by atoms with Gasteiger partial charge in [0.25, 0.3) is 0 Å². The molecule has 0 saturated carbocycles. The largest absolute Gasteiger partial charge is 0.496 e. The van der Waals surface area contributed by atoms with E-state index in [1.54, 1.807) is 13.3 Å². The topological polar surface area (TPSA) is 78.2 Å². The maximum atomic E-state index is 9.65. The summed E-state index contributed by atoms with van der Waals surface area (Å²) in [5.74, 6) is 1.22. The van der Waals surface area contributed by atoms with Gasteiger partial charge in [-0.1, -0.05) is 17.7 Å². The zero-order valence-electron chi connectivity index (χ0n) is 19.9. The van der Waals surface area contributed by atoms with Gasteiger partial charge in [0.05, 0.1) is 30.6 Å². The fraction of sp³-hybridized carbons (Fsp3) is 0.308. The molecule has 1 fully saturated rings. The molecule has 0 radical (unpaired) electrons. The van der Waals surface area contributed by atoms with Gasteiger partial charge in [-0.25, -0.2) is 9.50 Å². The van der Waals surface area contributed by atoms with E-state index in [2.05, 4.69) is 32.2 Å². The molecule has 3 heterocycles. The van der Waals surface area contributed by atoms with Gasteiger partial charge in [-0.05, 0) is 55.5 Å². The Morgan fingerprint density at radius 3 is 2.69 bits per heavy atom. The highest BCUT2D eigenvalue weighted by Crippen LogP contribution is 2.33. The number of anilines is 3. The van der Waals surface area contributed by atoms with E-state index in [-0.39, 0.29) is 6.10 Å². The number of piperazine rings is 1. The number of hydrogen-bond donors (Lipinski definition) is 2. The molecule has 2 aromatic heterocycles. The second kappa shape index (κ2) is 10.1. The zero-order chi connectivity index (χ0) is 24.4.